The van der Waals surface area contributed by atoms with Gasteiger partial charge in [0.1, 0.15) is 11.4 Å². The molecule has 0 amide bonds. The SMILES string of the molecule is O=C(O)c1cc(Cl)cnc1NC1CC(F)(F)C1.[Li+].[OH-]. The van der Waals surface area contributed by atoms with Gasteiger partial charge in [0.15, 0.2) is 0 Å². The molecular weight excluding hydrogens is 277 g/mol. The Morgan fingerprint density at radius 1 is 1.53 bits per heavy atom. The van der Waals surface area contributed by atoms with Gasteiger partial charge in [-0.15, -0.1) is 0 Å². The molecule has 0 aliphatic heterocycles. The first kappa shape index (κ1) is 18.1. The van der Waals surface area contributed by atoms with E-state index in [0.717, 1.165) is 0 Å². The zero-order valence-electron chi connectivity index (χ0n) is 10.0. The number of nitrogens with one attached hydrogen (secondary N) is 1. The summed E-state index contributed by atoms with van der Waals surface area (Å²) >= 11 is 5.62. The van der Waals surface area contributed by atoms with Crippen LogP contribution in [0.5, 0.6) is 0 Å². The van der Waals surface area contributed by atoms with Gasteiger partial charge in [0.2, 0.25) is 0 Å². The van der Waals surface area contributed by atoms with Gasteiger partial charge in [0, 0.05) is 25.1 Å². The van der Waals surface area contributed by atoms with Crippen molar-refractivity contribution in [2.45, 2.75) is 24.8 Å². The first-order chi connectivity index (χ1) is 7.87. The largest absolute Gasteiger partial charge is 1.00 e. The van der Waals surface area contributed by atoms with Gasteiger partial charge in [-0.1, -0.05) is 11.6 Å². The molecule has 9 heteroatoms. The first-order valence-electron chi connectivity index (χ1n) is 4.90. The van der Waals surface area contributed by atoms with Crippen molar-refractivity contribution in [3.8, 4) is 0 Å². The van der Waals surface area contributed by atoms with Crippen LogP contribution in [0.1, 0.15) is 23.2 Å². The second-order valence-electron chi connectivity index (χ2n) is 3.96. The van der Waals surface area contributed by atoms with E-state index in [1.165, 1.54) is 12.3 Å². The molecule has 0 atom stereocenters. The van der Waals surface area contributed by atoms with Gasteiger partial charge >= 0.3 is 24.8 Å². The van der Waals surface area contributed by atoms with E-state index in [4.69, 9.17) is 16.7 Å². The first-order valence-corrected chi connectivity index (χ1v) is 5.28. The van der Waals surface area contributed by atoms with Gasteiger partial charge in [0.25, 0.3) is 5.92 Å². The average Bonchev–Trinajstić information content (AvgIpc) is 2.17. The minimum Gasteiger partial charge on any atom is -0.870 e. The Balaban J connectivity index is 0.00000162. The van der Waals surface area contributed by atoms with Crippen molar-refractivity contribution in [2.24, 2.45) is 0 Å². The molecule has 0 radical (unpaired) electrons. The van der Waals surface area contributed by atoms with Crippen LogP contribution in [0.25, 0.3) is 0 Å². The molecule has 1 heterocycles. The molecule has 1 aliphatic rings. The van der Waals surface area contributed by atoms with E-state index >= 15 is 0 Å². The Labute approximate surface area is 124 Å². The number of rotatable bonds is 3. The van der Waals surface area contributed by atoms with Crippen molar-refractivity contribution in [2.75, 3.05) is 5.32 Å². The van der Waals surface area contributed by atoms with Crippen LogP contribution in [0.3, 0.4) is 0 Å². The summed E-state index contributed by atoms with van der Waals surface area (Å²) in [5, 5.41) is 11.8. The van der Waals surface area contributed by atoms with Crippen molar-refractivity contribution < 1.29 is 43.0 Å². The van der Waals surface area contributed by atoms with Crippen LogP contribution in [-0.2, 0) is 0 Å². The second kappa shape index (κ2) is 6.53. The normalized spacial score (nSPS) is 16.6. The number of nitrogens with zero attached hydrogens (tertiary/aromatic N) is 1. The summed E-state index contributed by atoms with van der Waals surface area (Å²) in [6.07, 6.45) is 0.653. The molecule has 0 bridgehead atoms. The van der Waals surface area contributed by atoms with Crippen LogP contribution in [0.2, 0.25) is 5.02 Å². The number of alkyl halides is 2. The smallest absolute Gasteiger partial charge is 0.870 e. The van der Waals surface area contributed by atoms with Gasteiger partial charge in [0.05, 0.1) is 5.02 Å². The summed E-state index contributed by atoms with van der Waals surface area (Å²) < 4.78 is 25.2. The van der Waals surface area contributed by atoms with Crippen molar-refractivity contribution in [3.05, 3.63) is 22.8 Å². The maximum absolute atomic E-state index is 12.6. The number of hydrogen-bond donors (Lipinski definition) is 2. The van der Waals surface area contributed by atoms with Crippen molar-refractivity contribution in [1.82, 2.24) is 4.98 Å². The standard InChI is InChI=1S/C10H9ClF2N2O2.Li.H2O/c11-5-1-7(9(16)17)8(14-4-5)15-6-2-10(12,13)3-6;;/h1,4,6H,2-3H2,(H,14,15)(H,16,17);;1H2/q;+1;/p-1. The van der Waals surface area contributed by atoms with Gasteiger partial charge in [-0.3, -0.25) is 0 Å². The van der Waals surface area contributed by atoms with E-state index in [1.54, 1.807) is 0 Å². The maximum Gasteiger partial charge on any atom is 1.00 e. The Bertz CT molecular complexity index is 468. The van der Waals surface area contributed by atoms with E-state index in [-0.39, 0.29) is 53.6 Å². The minimum absolute atomic E-state index is 0. The van der Waals surface area contributed by atoms with Crippen LogP contribution < -0.4 is 24.2 Å². The fourth-order valence-corrected chi connectivity index (χ4v) is 1.83. The molecular formula is C10H10ClF2LiN2O3. The summed E-state index contributed by atoms with van der Waals surface area (Å²) in [6, 6.07) is 0.785. The molecule has 1 saturated carbocycles. The molecule has 3 N–H and O–H groups in total. The minimum atomic E-state index is -2.66. The van der Waals surface area contributed by atoms with Crippen LogP contribution in [0.15, 0.2) is 12.3 Å². The third kappa shape index (κ3) is 4.32. The van der Waals surface area contributed by atoms with Gasteiger partial charge in [-0.25, -0.2) is 18.6 Å². The molecule has 1 aliphatic carbocycles. The third-order valence-corrected chi connectivity index (χ3v) is 2.72. The Morgan fingerprint density at radius 3 is 2.58 bits per heavy atom. The van der Waals surface area contributed by atoms with Gasteiger partial charge < -0.3 is 15.9 Å². The Kier molecular flexibility index (Phi) is 6.23. The van der Waals surface area contributed by atoms with Crippen LogP contribution in [0.4, 0.5) is 14.6 Å². The Hall–Kier alpha value is -0.873. The molecule has 19 heavy (non-hydrogen) atoms. The molecule has 100 valence electrons. The topological polar surface area (TPSA) is 92.2 Å². The summed E-state index contributed by atoms with van der Waals surface area (Å²) in [5.41, 5.74) is -0.118. The van der Waals surface area contributed by atoms with E-state index in [1.807, 2.05) is 0 Å². The number of aromatic nitrogens is 1. The molecule has 1 aromatic heterocycles. The molecule has 0 unspecified atom stereocenters. The molecule has 1 fully saturated rings. The number of halogens is 3. The van der Waals surface area contributed by atoms with E-state index in [9.17, 15) is 13.6 Å². The maximum atomic E-state index is 12.6. The third-order valence-electron chi connectivity index (χ3n) is 2.52. The Morgan fingerprint density at radius 2 is 2.11 bits per heavy atom. The van der Waals surface area contributed by atoms with Crippen LogP contribution in [-0.4, -0.2) is 33.5 Å². The van der Waals surface area contributed by atoms with Crippen molar-refractivity contribution in [3.63, 3.8) is 0 Å². The summed E-state index contributed by atoms with van der Waals surface area (Å²) in [5.74, 6) is -3.79. The zero-order valence-corrected chi connectivity index (χ0v) is 10.8. The van der Waals surface area contributed by atoms with E-state index in [0.29, 0.717) is 0 Å². The predicted octanol–water partition coefficient (Wildman–Crippen LogP) is -0.530. The molecule has 0 saturated heterocycles. The number of carbonyl (C=O) groups is 1. The fraction of sp³-hybridized carbons (Fsp3) is 0.400. The number of anilines is 1. The zero-order chi connectivity index (χ0) is 12.6. The van der Waals surface area contributed by atoms with Crippen LogP contribution >= 0.6 is 11.6 Å². The van der Waals surface area contributed by atoms with Gasteiger partial charge in [-0.05, 0) is 6.07 Å². The molecule has 2 rings (SSSR count). The van der Waals surface area contributed by atoms with Crippen LogP contribution in [0, 0.1) is 0 Å². The molecule has 0 spiro atoms. The number of hydrogen-bond acceptors (Lipinski definition) is 4. The molecule has 1 aromatic rings. The fourth-order valence-electron chi connectivity index (χ4n) is 1.67. The number of pyridine rings is 1. The molecule has 0 aromatic carbocycles. The number of aromatic carboxylic acids is 1. The van der Waals surface area contributed by atoms with Crippen molar-refractivity contribution in [1.29, 1.82) is 0 Å². The summed E-state index contributed by atoms with van der Waals surface area (Å²) in [4.78, 5) is 14.7. The average molecular weight is 287 g/mol. The quantitative estimate of drug-likeness (QED) is 0.729. The van der Waals surface area contributed by atoms with E-state index < -0.39 is 17.9 Å². The van der Waals surface area contributed by atoms with Crippen molar-refractivity contribution >= 4 is 23.4 Å². The monoisotopic (exact) mass is 286 g/mol. The van der Waals surface area contributed by atoms with E-state index in [2.05, 4.69) is 10.3 Å². The predicted molar refractivity (Wildman–Crippen MR) is 59.7 cm³/mol. The van der Waals surface area contributed by atoms with Gasteiger partial charge in [-0.2, -0.15) is 0 Å². The molecule has 5 nitrogen and oxygen atoms in total. The summed E-state index contributed by atoms with van der Waals surface area (Å²) in [7, 11) is 0. The number of carboxylic acids is 1. The number of carboxylic acid groups (broad SMARTS) is 1. The second-order valence-corrected chi connectivity index (χ2v) is 4.40. The summed E-state index contributed by atoms with van der Waals surface area (Å²) in [6.45, 7) is 0.